The van der Waals surface area contributed by atoms with Gasteiger partial charge < -0.3 is 5.32 Å². The average molecular weight is 348 g/mol. The molecule has 1 atom stereocenters. The van der Waals surface area contributed by atoms with Crippen molar-refractivity contribution in [3.63, 3.8) is 0 Å². The van der Waals surface area contributed by atoms with E-state index in [1.54, 1.807) is 11.3 Å². The predicted molar refractivity (Wildman–Crippen MR) is 96.8 cm³/mol. The van der Waals surface area contributed by atoms with Gasteiger partial charge in [0.25, 0.3) is 0 Å². The lowest BCUT2D eigenvalue weighted by molar-refractivity contribution is -0.131. The molecule has 4 aliphatic carbocycles. The minimum Gasteiger partial charge on any atom is -0.349 e. The van der Waals surface area contributed by atoms with Crippen LogP contribution in [0, 0.1) is 24.7 Å². The number of nitrogens with one attached hydrogen (secondary N) is 1. The zero-order chi connectivity index (χ0) is 16.9. The maximum absolute atomic E-state index is 12.9. The first-order valence-electron chi connectivity index (χ1n) is 9.36. The minimum absolute atomic E-state index is 0.109. The van der Waals surface area contributed by atoms with Crippen LogP contribution in [0.4, 0.5) is 0 Å². The molecule has 0 aliphatic heterocycles. The van der Waals surface area contributed by atoms with Crippen molar-refractivity contribution in [1.29, 1.82) is 0 Å². The molecule has 1 amide bonds. The zero-order valence-electron chi connectivity index (χ0n) is 15.0. The molecule has 0 saturated heterocycles. The van der Waals surface area contributed by atoms with Gasteiger partial charge >= 0.3 is 0 Å². The summed E-state index contributed by atoms with van der Waals surface area (Å²) in [5.41, 5.74) is 1.17. The van der Waals surface area contributed by atoms with Crippen molar-refractivity contribution >= 4 is 17.2 Å². The van der Waals surface area contributed by atoms with E-state index in [9.17, 15) is 4.79 Å². The normalized spacial score (nSPS) is 35.4. The third kappa shape index (κ3) is 3.13. The average Bonchev–Trinajstić information content (AvgIpc) is 2.89. The van der Waals surface area contributed by atoms with E-state index in [0.717, 1.165) is 35.0 Å². The Morgan fingerprint density at radius 2 is 1.92 bits per heavy atom. The Labute approximate surface area is 149 Å². The van der Waals surface area contributed by atoms with Gasteiger partial charge in [-0.3, -0.25) is 9.69 Å². The van der Waals surface area contributed by atoms with E-state index in [4.69, 9.17) is 0 Å². The zero-order valence-corrected chi connectivity index (χ0v) is 15.9. The molecule has 1 aromatic heterocycles. The molecule has 24 heavy (non-hydrogen) atoms. The Kier molecular flexibility index (Phi) is 4.20. The SMILES string of the molecule is Cc1nc(CN(C)[C@@H](C)C(=O)NC23CC4CC(CC(C4)C2)C3)cs1. The summed E-state index contributed by atoms with van der Waals surface area (Å²) in [5.74, 6) is 2.79. The Balaban J connectivity index is 1.38. The molecule has 5 heteroatoms. The lowest BCUT2D eigenvalue weighted by atomic mass is 9.53. The molecule has 0 aromatic carbocycles. The lowest BCUT2D eigenvalue weighted by Crippen LogP contribution is -2.62. The van der Waals surface area contributed by atoms with Crippen LogP contribution >= 0.6 is 11.3 Å². The number of rotatable bonds is 5. The number of aryl methyl sites for hydroxylation is 1. The van der Waals surface area contributed by atoms with Gasteiger partial charge in [0.2, 0.25) is 5.91 Å². The van der Waals surface area contributed by atoms with Crippen molar-refractivity contribution < 1.29 is 4.79 Å². The van der Waals surface area contributed by atoms with Crippen molar-refractivity contribution in [2.75, 3.05) is 7.05 Å². The molecule has 132 valence electrons. The molecule has 1 heterocycles. The van der Waals surface area contributed by atoms with Gasteiger partial charge in [-0.05, 0) is 77.2 Å². The number of carbonyl (C=O) groups is 1. The Morgan fingerprint density at radius 3 is 2.42 bits per heavy atom. The Hall–Kier alpha value is -0.940. The predicted octanol–water partition coefficient (Wildman–Crippen LogP) is 3.36. The molecule has 0 spiro atoms. The van der Waals surface area contributed by atoms with E-state index in [1.807, 2.05) is 20.9 Å². The van der Waals surface area contributed by atoms with Crippen LogP contribution < -0.4 is 5.32 Å². The highest BCUT2D eigenvalue weighted by atomic mass is 32.1. The van der Waals surface area contributed by atoms with E-state index >= 15 is 0 Å². The number of nitrogens with zero attached hydrogens (tertiary/aromatic N) is 2. The van der Waals surface area contributed by atoms with Gasteiger partial charge in [-0.25, -0.2) is 4.98 Å². The molecule has 4 aliphatic rings. The fraction of sp³-hybridized carbons (Fsp3) is 0.789. The van der Waals surface area contributed by atoms with Crippen molar-refractivity contribution in [2.24, 2.45) is 17.8 Å². The number of carbonyl (C=O) groups excluding carboxylic acids is 1. The maximum Gasteiger partial charge on any atom is 0.237 e. The molecule has 1 aromatic rings. The molecule has 4 fully saturated rings. The number of hydrogen-bond acceptors (Lipinski definition) is 4. The lowest BCUT2D eigenvalue weighted by Gasteiger charge is -2.57. The van der Waals surface area contributed by atoms with Gasteiger partial charge in [-0.1, -0.05) is 0 Å². The first kappa shape index (κ1) is 16.5. The van der Waals surface area contributed by atoms with E-state index in [2.05, 4.69) is 20.6 Å². The summed E-state index contributed by atoms with van der Waals surface area (Å²) in [6.07, 6.45) is 7.88. The number of thiazole rings is 1. The summed E-state index contributed by atoms with van der Waals surface area (Å²) in [6, 6.07) is -0.111. The first-order chi connectivity index (χ1) is 11.4. The van der Waals surface area contributed by atoms with Crippen LogP contribution in [0.2, 0.25) is 0 Å². The summed E-state index contributed by atoms with van der Waals surface area (Å²) in [5, 5.41) is 6.68. The van der Waals surface area contributed by atoms with Crippen LogP contribution in [-0.2, 0) is 11.3 Å². The van der Waals surface area contributed by atoms with Gasteiger partial charge in [0.15, 0.2) is 0 Å². The van der Waals surface area contributed by atoms with Crippen molar-refractivity contribution in [1.82, 2.24) is 15.2 Å². The van der Waals surface area contributed by atoms with E-state index < -0.39 is 0 Å². The molecule has 4 nitrogen and oxygen atoms in total. The fourth-order valence-corrected chi connectivity index (χ4v) is 6.31. The smallest absolute Gasteiger partial charge is 0.237 e. The summed E-state index contributed by atoms with van der Waals surface area (Å²) in [4.78, 5) is 19.5. The molecule has 0 radical (unpaired) electrons. The summed E-state index contributed by atoms with van der Waals surface area (Å²) >= 11 is 1.67. The van der Waals surface area contributed by atoms with Crippen molar-refractivity contribution in [3.8, 4) is 0 Å². The molecule has 4 saturated carbocycles. The van der Waals surface area contributed by atoms with E-state index in [0.29, 0.717) is 0 Å². The second-order valence-corrected chi connectivity index (χ2v) is 9.70. The Morgan fingerprint density at radius 1 is 1.33 bits per heavy atom. The van der Waals surface area contributed by atoms with Gasteiger partial charge in [0, 0.05) is 17.5 Å². The highest BCUT2D eigenvalue weighted by molar-refractivity contribution is 7.09. The van der Waals surface area contributed by atoms with Gasteiger partial charge in [-0.2, -0.15) is 0 Å². The monoisotopic (exact) mass is 347 g/mol. The maximum atomic E-state index is 12.9. The van der Waals surface area contributed by atoms with Gasteiger partial charge in [-0.15, -0.1) is 11.3 Å². The van der Waals surface area contributed by atoms with Crippen LogP contribution in [0.3, 0.4) is 0 Å². The van der Waals surface area contributed by atoms with E-state index in [1.165, 1.54) is 38.5 Å². The fourth-order valence-electron chi connectivity index (χ4n) is 5.70. The molecular weight excluding hydrogens is 318 g/mol. The number of hydrogen-bond donors (Lipinski definition) is 1. The van der Waals surface area contributed by atoms with Gasteiger partial charge in [0.1, 0.15) is 0 Å². The van der Waals surface area contributed by atoms with E-state index in [-0.39, 0.29) is 17.5 Å². The van der Waals surface area contributed by atoms with Gasteiger partial charge in [0.05, 0.1) is 16.7 Å². The van der Waals surface area contributed by atoms with Crippen LogP contribution in [0.25, 0.3) is 0 Å². The number of likely N-dealkylation sites (N-methyl/N-ethyl adjacent to an activating group) is 1. The molecule has 0 unspecified atom stereocenters. The number of aromatic nitrogens is 1. The topological polar surface area (TPSA) is 45.2 Å². The van der Waals surface area contributed by atoms with Crippen LogP contribution in [0.15, 0.2) is 5.38 Å². The van der Waals surface area contributed by atoms with Crippen molar-refractivity contribution in [2.45, 2.75) is 70.5 Å². The summed E-state index contributed by atoms with van der Waals surface area (Å²) in [7, 11) is 2.03. The van der Waals surface area contributed by atoms with Crippen molar-refractivity contribution in [3.05, 3.63) is 16.1 Å². The minimum atomic E-state index is -0.111. The molecular formula is C19H29N3OS. The third-order valence-corrected chi connectivity index (χ3v) is 7.37. The van der Waals surface area contributed by atoms with Crippen LogP contribution in [0.5, 0.6) is 0 Å². The summed E-state index contributed by atoms with van der Waals surface area (Å²) in [6.45, 7) is 4.78. The highest BCUT2D eigenvalue weighted by Crippen LogP contribution is 2.55. The molecule has 4 bridgehead atoms. The quantitative estimate of drug-likeness (QED) is 0.888. The second kappa shape index (κ2) is 6.10. The first-order valence-corrected chi connectivity index (χ1v) is 10.2. The third-order valence-electron chi connectivity index (χ3n) is 6.55. The van der Waals surface area contributed by atoms with Crippen LogP contribution in [-0.4, -0.2) is 34.4 Å². The molecule has 1 N–H and O–H groups in total. The second-order valence-electron chi connectivity index (χ2n) is 8.64. The Bertz CT molecular complexity index is 591. The number of amides is 1. The molecule has 5 rings (SSSR count). The standard InChI is InChI=1S/C19H29N3OS/c1-12(22(3)10-17-11-24-13(2)20-17)18(23)21-19-7-14-4-15(8-19)6-16(5-14)9-19/h11-12,14-16H,4-10H2,1-3H3,(H,21,23)/t12-,14?,15?,16?,19?/m0/s1. The largest absolute Gasteiger partial charge is 0.349 e. The summed E-state index contributed by atoms with van der Waals surface area (Å²) < 4.78 is 0. The van der Waals surface area contributed by atoms with Crippen LogP contribution in [0.1, 0.15) is 56.2 Å². The highest BCUT2D eigenvalue weighted by Gasteiger charge is 2.51.